The molecule has 0 amide bonds. The fourth-order valence-corrected chi connectivity index (χ4v) is 0.611. The minimum absolute atomic E-state index is 1.65. The van der Waals surface area contributed by atoms with Gasteiger partial charge in [-0.3, -0.25) is 8.61 Å². The highest BCUT2D eigenvalue weighted by molar-refractivity contribution is 7.78. The first-order chi connectivity index (χ1) is 3.79. The zero-order valence-corrected chi connectivity index (χ0v) is 5.89. The van der Waals surface area contributed by atoms with Gasteiger partial charge in [-0.05, 0) is 0 Å². The van der Waals surface area contributed by atoms with Gasteiger partial charge in [-0.25, -0.2) is 0 Å². The van der Waals surface area contributed by atoms with Crippen molar-refractivity contribution in [2.24, 2.45) is 0 Å². The maximum atomic E-state index is 4.00. The highest BCUT2D eigenvalue weighted by Crippen LogP contribution is 2.06. The summed E-state index contributed by atoms with van der Waals surface area (Å²) in [5.74, 6) is 0. The first-order valence-electron chi connectivity index (χ1n) is 2.10. The van der Waals surface area contributed by atoms with Crippen molar-refractivity contribution in [2.75, 3.05) is 0 Å². The van der Waals surface area contributed by atoms with Crippen LogP contribution in [0.3, 0.4) is 0 Å². The smallest absolute Gasteiger partial charge is 0.0327 e. The maximum Gasteiger partial charge on any atom is 0.0327 e. The van der Waals surface area contributed by atoms with E-state index in [4.69, 9.17) is 0 Å². The Morgan fingerprint density at radius 2 is 1.00 bits per heavy atom. The fraction of sp³-hybridized carbons (Fsp3) is 0. The van der Waals surface area contributed by atoms with Crippen LogP contribution >= 0.6 is 25.6 Å². The number of thiol groups is 2. The summed E-state index contributed by atoms with van der Waals surface area (Å²) < 4.78 is 3.29. The van der Waals surface area contributed by atoms with Crippen LogP contribution in [-0.2, 0) is 0 Å². The Balaban J connectivity index is 2.54. The molecule has 8 heavy (non-hydrogen) atoms. The molecule has 1 aliphatic heterocycles. The molecule has 1 rings (SSSR count). The van der Waals surface area contributed by atoms with Crippen molar-refractivity contribution in [1.29, 1.82) is 0 Å². The normalized spacial score (nSPS) is 17.8. The molecular weight excluding hydrogens is 140 g/mol. The van der Waals surface area contributed by atoms with Gasteiger partial charge in [-0.2, -0.15) is 0 Å². The van der Waals surface area contributed by atoms with E-state index in [0.717, 1.165) is 0 Å². The van der Waals surface area contributed by atoms with E-state index in [-0.39, 0.29) is 0 Å². The third-order valence-electron chi connectivity index (χ3n) is 0.744. The van der Waals surface area contributed by atoms with Gasteiger partial charge in [-0.15, -0.1) is 0 Å². The molecule has 1 aliphatic rings. The molecular formula is C4H6N2S2. The van der Waals surface area contributed by atoms with E-state index in [1.165, 1.54) is 0 Å². The molecule has 0 fully saturated rings. The van der Waals surface area contributed by atoms with Crippen molar-refractivity contribution in [3.63, 3.8) is 0 Å². The van der Waals surface area contributed by atoms with Crippen LogP contribution in [0.15, 0.2) is 24.8 Å². The van der Waals surface area contributed by atoms with Gasteiger partial charge in [0.25, 0.3) is 0 Å². The molecule has 0 aromatic heterocycles. The van der Waals surface area contributed by atoms with Gasteiger partial charge < -0.3 is 0 Å². The summed E-state index contributed by atoms with van der Waals surface area (Å²) >= 11 is 8.00. The SMILES string of the molecule is SN1C=CN(S)C=C1. The summed E-state index contributed by atoms with van der Waals surface area (Å²) in [6.45, 7) is 0. The van der Waals surface area contributed by atoms with Crippen molar-refractivity contribution in [2.45, 2.75) is 0 Å². The highest BCUT2D eigenvalue weighted by Gasteiger charge is 1.92. The van der Waals surface area contributed by atoms with Crippen molar-refractivity contribution in [3.05, 3.63) is 24.8 Å². The monoisotopic (exact) mass is 146 g/mol. The summed E-state index contributed by atoms with van der Waals surface area (Å²) in [5.41, 5.74) is 0. The topological polar surface area (TPSA) is 6.48 Å². The van der Waals surface area contributed by atoms with Gasteiger partial charge in [0.15, 0.2) is 0 Å². The van der Waals surface area contributed by atoms with Crippen LogP contribution in [0.2, 0.25) is 0 Å². The fourth-order valence-electron chi connectivity index (χ4n) is 0.373. The Hall–Kier alpha value is -0.220. The largest absolute Gasteiger partial charge is 0.299 e. The van der Waals surface area contributed by atoms with Crippen LogP contribution in [0.4, 0.5) is 0 Å². The number of hydrogen-bond acceptors (Lipinski definition) is 4. The second-order valence-electron chi connectivity index (χ2n) is 1.36. The van der Waals surface area contributed by atoms with Gasteiger partial charge >= 0.3 is 0 Å². The van der Waals surface area contributed by atoms with Gasteiger partial charge in [0.05, 0.1) is 0 Å². The summed E-state index contributed by atoms with van der Waals surface area (Å²) in [6, 6.07) is 0. The van der Waals surface area contributed by atoms with Gasteiger partial charge in [0.1, 0.15) is 0 Å². The molecule has 1 heterocycles. The predicted octanol–water partition coefficient (Wildman–Crippen LogP) is 1.24. The van der Waals surface area contributed by atoms with E-state index >= 15 is 0 Å². The van der Waals surface area contributed by atoms with E-state index in [0.29, 0.717) is 0 Å². The van der Waals surface area contributed by atoms with Crippen LogP contribution in [0, 0.1) is 0 Å². The van der Waals surface area contributed by atoms with E-state index < -0.39 is 0 Å². The quantitative estimate of drug-likeness (QED) is 0.496. The Kier molecular flexibility index (Phi) is 1.75. The van der Waals surface area contributed by atoms with Gasteiger partial charge in [0.2, 0.25) is 0 Å². The summed E-state index contributed by atoms with van der Waals surface area (Å²) in [6.07, 6.45) is 7.15. The number of hydrogen-bond donors (Lipinski definition) is 2. The average Bonchev–Trinajstić information content (AvgIpc) is 1.77. The molecule has 0 spiro atoms. The number of nitrogens with zero attached hydrogens (tertiary/aromatic N) is 2. The molecule has 0 aromatic rings. The second-order valence-corrected chi connectivity index (χ2v) is 2.28. The summed E-state index contributed by atoms with van der Waals surface area (Å²) in [7, 11) is 0. The summed E-state index contributed by atoms with van der Waals surface area (Å²) in [5, 5.41) is 0. The van der Waals surface area contributed by atoms with Crippen LogP contribution < -0.4 is 0 Å². The van der Waals surface area contributed by atoms with E-state index in [1.54, 1.807) is 33.4 Å². The molecule has 0 radical (unpaired) electrons. The van der Waals surface area contributed by atoms with Gasteiger partial charge in [0, 0.05) is 24.8 Å². The lowest BCUT2D eigenvalue weighted by molar-refractivity contribution is 0.731. The van der Waals surface area contributed by atoms with Crippen LogP contribution in [0.1, 0.15) is 0 Å². The van der Waals surface area contributed by atoms with Crippen LogP contribution in [-0.4, -0.2) is 8.61 Å². The predicted molar refractivity (Wildman–Crippen MR) is 39.9 cm³/mol. The summed E-state index contributed by atoms with van der Waals surface area (Å²) in [4.78, 5) is 0. The van der Waals surface area contributed by atoms with E-state index in [2.05, 4.69) is 25.6 Å². The Bertz CT molecular complexity index is 104. The lowest BCUT2D eigenvalue weighted by Crippen LogP contribution is -2.04. The molecule has 0 aromatic carbocycles. The molecule has 2 nitrogen and oxygen atoms in total. The lowest BCUT2D eigenvalue weighted by atomic mass is 10.7. The average molecular weight is 146 g/mol. The van der Waals surface area contributed by atoms with Crippen LogP contribution in [0.25, 0.3) is 0 Å². The molecule has 0 saturated carbocycles. The molecule has 0 aliphatic carbocycles. The third-order valence-corrected chi connectivity index (χ3v) is 1.28. The Morgan fingerprint density at radius 3 is 1.25 bits per heavy atom. The zero-order chi connectivity index (χ0) is 5.98. The molecule has 0 atom stereocenters. The lowest BCUT2D eigenvalue weighted by Gasteiger charge is -2.14. The highest BCUT2D eigenvalue weighted by atomic mass is 32.1. The van der Waals surface area contributed by atoms with Gasteiger partial charge in [-0.1, -0.05) is 25.6 Å². The molecule has 0 bridgehead atoms. The minimum atomic E-state index is 1.65. The third kappa shape index (κ3) is 1.38. The molecule has 44 valence electrons. The van der Waals surface area contributed by atoms with E-state index in [9.17, 15) is 0 Å². The Morgan fingerprint density at radius 1 is 0.750 bits per heavy atom. The number of rotatable bonds is 0. The standard InChI is InChI=1S/C4H6N2S2/c7-5-1-2-6(8)4-3-5/h1-4,7-8H. The molecule has 4 heteroatoms. The first-order valence-corrected chi connectivity index (χ1v) is 2.90. The molecule has 0 saturated heterocycles. The first kappa shape index (κ1) is 5.91. The van der Waals surface area contributed by atoms with Crippen molar-refractivity contribution >= 4 is 25.6 Å². The van der Waals surface area contributed by atoms with Crippen molar-refractivity contribution < 1.29 is 0 Å². The maximum absolute atomic E-state index is 4.00. The minimum Gasteiger partial charge on any atom is -0.299 e. The van der Waals surface area contributed by atoms with Crippen molar-refractivity contribution in [3.8, 4) is 0 Å². The second kappa shape index (κ2) is 2.37. The van der Waals surface area contributed by atoms with E-state index in [1.807, 2.05) is 0 Å². The molecule has 0 N–H and O–H groups in total. The molecule has 0 unspecified atom stereocenters. The van der Waals surface area contributed by atoms with Crippen molar-refractivity contribution in [1.82, 2.24) is 8.61 Å². The Labute approximate surface area is 59.5 Å². The zero-order valence-electron chi connectivity index (χ0n) is 4.10. The van der Waals surface area contributed by atoms with Crippen LogP contribution in [0.5, 0.6) is 0 Å².